The first kappa shape index (κ1) is 24.8. The van der Waals surface area contributed by atoms with Crippen molar-refractivity contribution < 1.29 is 19.2 Å². The molecule has 0 radical (unpaired) electrons. The van der Waals surface area contributed by atoms with Gasteiger partial charge < -0.3 is 14.8 Å². The monoisotopic (exact) mass is 483 g/mol. The van der Waals surface area contributed by atoms with Gasteiger partial charge in [-0.3, -0.25) is 19.5 Å². The van der Waals surface area contributed by atoms with Gasteiger partial charge in [0.25, 0.3) is 5.69 Å². The number of ether oxygens (including phenoxy) is 2. The van der Waals surface area contributed by atoms with Crippen molar-refractivity contribution >= 4 is 29.0 Å². The van der Waals surface area contributed by atoms with Crippen molar-refractivity contribution in [3.05, 3.63) is 76.6 Å². The van der Waals surface area contributed by atoms with Crippen LogP contribution in [0, 0.1) is 17.0 Å². The smallest absolute Gasteiger partial charge is 0.269 e. The molecule has 0 aliphatic carbocycles. The molecule has 1 N–H and O–H groups in total. The largest absolute Gasteiger partial charge is 0.493 e. The summed E-state index contributed by atoms with van der Waals surface area (Å²) in [7, 11) is 1.57. The number of carbonyl (C=O) groups excluding carboxylic acids is 1. The average molecular weight is 484 g/mol. The van der Waals surface area contributed by atoms with Gasteiger partial charge >= 0.3 is 0 Å². The Morgan fingerprint density at radius 3 is 2.68 bits per heavy atom. The van der Waals surface area contributed by atoms with Gasteiger partial charge in [-0.25, -0.2) is 0 Å². The van der Waals surface area contributed by atoms with Gasteiger partial charge in [0.05, 0.1) is 17.8 Å². The molecule has 0 saturated carbocycles. The number of amides is 1. The van der Waals surface area contributed by atoms with Gasteiger partial charge in [0, 0.05) is 24.4 Å². The number of aryl methyl sites for hydroxylation is 1. The second-order valence-corrected chi connectivity index (χ2v) is 8.19. The molecule has 0 bridgehead atoms. The van der Waals surface area contributed by atoms with E-state index >= 15 is 0 Å². The molecule has 1 heterocycles. The van der Waals surface area contributed by atoms with Gasteiger partial charge in [-0.2, -0.15) is 0 Å². The van der Waals surface area contributed by atoms with Crippen molar-refractivity contribution in [2.45, 2.75) is 31.7 Å². The lowest BCUT2D eigenvalue weighted by Gasteiger charge is -2.17. The van der Waals surface area contributed by atoms with Crippen LogP contribution in [0.2, 0.25) is 0 Å². The molecule has 0 spiro atoms. The Labute approximate surface area is 201 Å². The zero-order valence-corrected chi connectivity index (χ0v) is 19.9. The summed E-state index contributed by atoms with van der Waals surface area (Å²) in [6.45, 7) is 7.79. The molecule has 3 aromatic rings. The quantitative estimate of drug-likeness (QED) is 0.182. The molecule has 1 atom stereocenters. The molecule has 34 heavy (non-hydrogen) atoms. The van der Waals surface area contributed by atoms with E-state index in [9.17, 15) is 14.9 Å². The molecular weight excluding hydrogens is 458 g/mol. The molecule has 10 nitrogen and oxygen atoms in total. The van der Waals surface area contributed by atoms with Crippen molar-refractivity contribution in [2.75, 3.05) is 18.2 Å². The maximum atomic E-state index is 12.5. The van der Waals surface area contributed by atoms with Crippen LogP contribution in [0.4, 0.5) is 11.4 Å². The van der Waals surface area contributed by atoms with Crippen LogP contribution in [0.3, 0.4) is 0 Å². The van der Waals surface area contributed by atoms with Crippen LogP contribution in [0.25, 0.3) is 0 Å². The molecular formula is C23H25N5O5S. The summed E-state index contributed by atoms with van der Waals surface area (Å²) in [5, 5.41) is 22.7. The number of benzene rings is 2. The highest BCUT2D eigenvalue weighted by molar-refractivity contribution is 7.99. The Kier molecular flexibility index (Phi) is 8.25. The number of allylic oxidation sites excluding steroid dienone is 1. The Morgan fingerprint density at radius 2 is 2.03 bits per heavy atom. The fraction of sp³-hybridized carbons (Fsp3) is 0.261. The van der Waals surface area contributed by atoms with Crippen LogP contribution in [0.1, 0.15) is 24.4 Å². The van der Waals surface area contributed by atoms with E-state index in [4.69, 9.17) is 9.47 Å². The van der Waals surface area contributed by atoms with E-state index in [0.29, 0.717) is 40.3 Å². The average Bonchev–Trinajstić information content (AvgIpc) is 3.22. The molecule has 1 aromatic heterocycles. The summed E-state index contributed by atoms with van der Waals surface area (Å²) < 4.78 is 13.2. The highest BCUT2D eigenvalue weighted by Crippen LogP contribution is 2.31. The maximum Gasteiger partial charge on any atom is 0.269 e. The van der Waals surface area contributed by atoms with Crippen molar-refractivity contribution in [1.82, 2.24) is 14.8 Å². The molecule has 178 valence electrons. The minimum Gasteiger partial charge on any atom is -0.493 e. The van der Waals surface area contributed by atoms with E-state index in [1.54, 1.807) is 20.1 Å². The fourth-order valence-corrected chi connectivity index (χ4v) is 3.94. The van der Waals surface area contributed by atoms with E-state index < -0.39 is 11.0 Å². The summed E-state index contributed by atoms with van der Waals surface area (Å²) in [6, 6.07) is 11.6. The van der Waals surface area contributed by atoms with E-state index in [0.717, 1.165) is 0 Å². The molecule has 11 heteroatoms. The third kappa shape index (κ3) is 5.93. The predicted molar refractivity (Wildman–Crippen MR) is 129 cm³/mol. The van der Waals surface area contributed by atoms with Gasteiger partial charge in [0.1, 0.15) is 0 Å². The van der Waals surface area contributed by atoms with Crippen LogP contribution < -0.4 is 14.8 Å². The van der Waals surface area contributed by atoms with Gasteiger partial charge in [-0.15, -0.1) is 16.8 Å². The number of thioether (sulfide) groups is 1. The number of carbonyl (C=O) groups is 1. The van der Waals surface area contributed by atoms with Crippen molar-refractivity contribution in [2.24, 2.45) is 0 Å². The van der Waals surface area contributed by atoms with E-state index in [1.165, 1.54) is 30.0 Å². The summed E-state index contributed by atoms with van der Waals surface area (Å²) in [5.74, 6) is 1.58. The molecule has 0 saturated heterocycles. The number of nitro groups is 1. The maximum absolute atomic E-state index is 12.5. The summed E-state index contributed by atoms with van der Waals surface area (Å²) in [4.78, 5) is 22.9. The number of hydrogen-bond acceptors (Lipinski definition) is 8. The van der Waals surface area contributed by atoms with E-state index in [2.05, 4.69) is 22.1 Å². The van der Waals surface area contributed by atoms with Crippen LogP contribution >= 0.6 is 11.8 Å². The zero-order valence-electron chi connectivity index (χ0n) is 19.1. The molecule has 3 rings (SSSR count). The summed E-state index contributed by atoms with van der Waals surface area (Å²) in [6.07, 6.45) is 1.28. The number of nitrogens with zero attached hydrogens (tertiary/aromatic N) is 4. The van der Waals surface area contributed by atoms with Gasteiger partial charge in [0.2, 0.25) is 5.91 Å². The fourth-order valence-electron chi connectivity index (χ4n) is 3.19. The lowest BCUT2D eigenvalue weighted by Crippen LogP contribution is -2.16. The number of hydrogen-bond donors (Lipinski definition) is 1. The SMILES string of the molecule is C=CCn1c(SCC(=O)Nc2ccc([N+](=O)[O-])cc2C)nnc1C(C)Oc1ccccc1OC. The van der Waals surface area contributed by atoms with Gasteiger partial charge in [-0.1, -0.05) is 30.0 Å². The first-order chi connectivity index (χ1) is 16.3. The van der Waals surface area contributed by atoms with Gasteiger partial charge in [0.15, 0.2) is 28.6 Å². The van der Waals surface area contributed by atoms with Crippen molar-refractivity contribution in [3.63, 3.8) is 0 Å². The van der Waals surface area contributed by atoms with E-state index in [-0.39, 0.29) is 17.3 Å². The van der Waals surface area contributed by atoms with Crippen molar-refractivity contribution in [3.8, 4) is 11.5 Å². The molecule has 0 aliphatic rings. The van der Waals surface area contributed by atoms with Crippen LogP contribution in [-0.2, 0) is 11.3 Å². The zero-order chi connectivity index (χ0) is 24.7. The van der Waals surface area contributed by atoms with Crippen LogP contribution in [0.5, 0.6) is 11.5 Å². The topological polar surface area (TPSA) is 121 Å². The molecule has 1 amide bonds. The number of methoxy groups -OCH3 is 1. The first-order valence-corrected chi connectivity index (χ1v) is 11.3. The molecule has 2 aromatic carbocycles. The molecule has 0 aliphatic heterocycles. The third-order valence-corrected chi connectivity index (χ3v) is 5.79. The minimum absolute atomic E-state index is 0.0283. The number of nitro benzene ring substituents is 1. The standard InChI is InChI=1S/C23H25N5O5S/c1-5-12-27-22(16(3)33-20-9-7-6-8-19(20)32-4)25-26-23(27)34-14-21(29)24-18-11-10-17(28(30)31)13-15(18)2/h5-11,13,16H,1,12,14H2,2-4H3,(H,24,29). The van der Waals surface area contributed by atoms with Gasteiger partial charge in [-0.05, 0) is 37.6 Å². The molecule has 1 unspecified atom stereocenters. The Bertz CT molecular complexity index is 1200. The van der Waals surface area contributed by atoms with Crippen molar-refractivity contribution in [1.29, 1.82) is 0 Å². The third-order valence-electron chi connectivity index (χ3n) is 4.82. The lowest BCUT2D eigenvalue weighted by atomic mass is 10.2. The number of anilines is 1. The Hall–Kier alpha value is -3.86. The normalized spacial score (nSPS) is 11.5. The second-order valence-electron chi connectivity index (χ2n) is 7.24. The highest BCUT2D eigenvalue weighted by Gasteiger charge is 2.21. The highest BCUT2D eigenvalue weighted by atomic mass is 32.2. The minimum atomic E-state index is -0.475. The number of non-ortho nitro benzene ring substituents is 1. The first-order valence-electron chi connectivity index (χ1n) is 10.3. The summed E-state index contributed by atoms with van der Waals surface area (Å²) >= 11 is 1.22. The summed E-state index contributed by atoms with van der Waals surface area (Å²) in [5.41, 5.74) is 1.09. The van der Waals surface area contributed by atoms with Crippen LogP contribution in [0.15, 0.2) is 60.3 Å². The van der Waals surface area contributed by atoms with E-state index in [1.807, 2.05) is 35.8 Å². The lowest BCUT2D eigenvalue weighted by molar-refractivity contribution is -0.384. The van der Waals surface area contributed by atoms with Crippen LogP contribution in [-0.4, -0.2) is 38.5 Å². The predicted octanol–water partition coefficient (Wildman–Crippen LogP) is 4.56. The number of aromatic nitrogens is 3. The number of para-hydroxylation sites is 2. The second kappa shape index (κ2) is 11.3. The number of rotatable bonds is 11. The Balaban J connectivity index is 1.69. The Morgan fingerprint density at radius 1 is 1.29 bits per heavy atom. The molecule has 0 fully saturated rings. The number of nitrogens with one attached hydrogen (secondary N) is 1.